The van der Waals surface area contributed by atoms with Crippen molar-refractivity contribution >= 4 is 5.91 Å². The number of carbonyl (C=O) groups is 1. The van der Waals surface area contributed by atoms with Gasteiger partial charge in [0, 0.05) is 31.8 Å². The molecule has 0 radical (unpaired) electrons. The number of hydrogen-bond donors (Lipinski definition) is 1. The van der Waals surface area contributed by atoms with E-state index < -0.39 is 0 Å². The van der Waals surface area contributed by atoms with Crippen LogP contribution in [0.4, 0.5) is 0 Å². The molecule has 1 saturated heterocycles. The summed E-state index contributed by atoms with van der Waals surface area (Å²) in [6.45, 7) is 3.82. The van der Waals surface area contributed by atoms with E-state index in [1.807, 2.05) is 6.92 Å². The van der Waals surface area contributed by atoms with Gasteiger partial charge >= 0.3 is 0 Å². The second-order valence-corrected chi connectivity index (χ2v) is 4.42. The van der Waals surface area contributed by atoms with E-state index in [-0.39, 0.29) is 18.4 Å². The van der Waals surface area contributed by atoms with Crippen LogP contribution in [0.2, 0.25) is 0 Å². The van der Waals surface area contributed by atoms with Crippen molar-refractivity contribution in [3.8, 4) is 0 Å². The molecule has 0 spiro atoms. The van der Waals surface area contributed by atoms with Crippen LogP contribution in [0, 0.1) is 12.8 Å². The van der Waals surface area contributed by atoms with E-state index in [1.54, 1.807) is 11.1 Å². The minimum absolute atomic E-state index is 0.0172. The van der Waals surface area contributed by atoms with Gasteiger partial charge in [0.25, 0.3) is 5.91 Å². The van der Waals surface area contributed by atoms with Crippen LogP contribution in [-0.2, 0) is 4.74 Å². The monoisotopic (exact) mass is 251 g/mol. The fourth-order valence-electron chi connectivity index (χ4n) is 1.84. The molecule has 0 unspecified atom stereocenters. The Morgan fingerprint density at radius 3 is 3.06 bits per heavy atom. The molecule has 1 amide bonds. The number of amides is 1. The summed E-state index contributed by atoms with van der Waals surface area (Å²) in [5.74, 6) is -0.193. The first kappa shape index (κ1) is 12.9. The molecule has 1 aliphatic rings. The highest BCUT2D eigenvalue weighted by Gasteiger charge is 2.23. The number of rotatable bonds is 2. The van der Waals surface area contributed by atoms with Gasteiger partial charge < -0.3 is 14.7 Å². The van der Waals surface area contributed by atoms with E-state index in [9.17, 15) is 9.90 Å². The summed E-state index contributed by atoms with van der Waals surface area (Å²) in [6, 6.07) is 0. The van der Waals surface area contributed by atoms with Gasteiger partial charge in [-0.2, -0.15) is 0 Å². The van der Waals surface area contributed by atoms with Gasteiger partial charge in [-0.3, -0.25) is 9.78 Å². The van der Waals surface area contributed by atoms with E-state index >= 15 is 0 Å². The van der Waals surface area contributed by atoms with Crippen LogP contribution in [0.1, 0.15) is 16.2 Å². The molecular formula is C12H17N3O3. The van der Waals surface area contributed by atoms with Gasteiger partial charge in [0.2, 0.25) is 0 Å². The topological polar surface area (TPSA) is 75.6 Å². The minimum Gasteiger partial charge on any atom is -0.396 e. The molecule has 1 N–H and O–H groups in total. The van der Waals surface area contributed by atoms with E-state index in [0.717, 1.165) is 5.69 Å². The molecule has 1 aliphatic heterocycles. The molecule has 0 saturated carbocycles. The third-order valence-corrected chi connectivity index (χ3v) is 2.88. The fraction of sp³-hybridized carbons (Fsp3) is 0.583. The first-order chi connectivity index (χ1) is 8.70. The van der Waals surface area contributed by atoms with Gasteiger partial charge in [0.05, 0.1) is 25.1 Å². The first-order valence-electron chi connectivity index (χ1n) is 5.97. The van der Waals surface area contributed by atoms with E-state index in [0.29, 0.717) is 32.0 Å². The SMILES string of the molecule is Cc1cnc(C(=O)N2CCOC[C@@H](CO)C2)cn1. The minimum atomic E-state index is -0.161. The fourth-order valence-corrected chi connectivity index (χ4v) is 1.84. The molecular weight excluding hydrogens is 234 g/mol. The molecule has 18 heavy (non-hydrogen) atoms. The van der Waals surface area contributed by atoms with Crippen molar-refractivity contribution in [3.05, 3.63) is 23.8 Å². The summed E-state index contributed by atoms with van der Waals surface area (Å²) in [4.78, 5) is 22.0. The number of nitrogens with zero attached hydrogens (tertiary/aromatic N) is 3. The highest BCUT2D eigenvalue weighted by molar-refractivity contribution is 5.92. The van der Waals surface area contributed by atoms with Crippen LogP contribution in [0.25, 0.3) is 0 Å². The molecule has 1 aromatic rings. The van der Waals surface area contributed by atoms with Gasteiger partial charge in [-0.15, -0.1) is 0 Å². The number of ether oxygens (including phenoxy) is 1. The molecule has 1 aromatic heterocycles. The third kappa shape index (κ3) is 3.02. The zero-order valence-corrected chi connectivity index (χ0v) is 10.4. The van der Waals surface area contributed by atoms with Gasteiger partial charge in [0.15, 0.2) is 0 Å². The Balaban J connectivity index is 2.09. The maximum absolute atomic E-state index is 12.2. The third-order valence-electron chi connectivity index (χ3n) is 2.88. The number of aliphatic hydroxyl groups is 1. The standard InChI is InChI=1S/C12H17N3O3/c1-9-4-14-11(5-13-9)12(17)15-2-3-18-8-10(6-15)7-16/h4-5,10,16H,2-3,6-8H2,1H3/t10-/m1/s1. The van der Waals surface area contributed by atoms with Crippen LogP contribution in [0.5, 0.6) is 0 Å². The number of aliphatic hydroxyl groups excluding tert-OH is 1. The average Bonchev–Trinajstić information content (AvgIpc) is 2.64. The largest absolute Gasteiger partial charge is 0.396 e. The molecule has 0 aliphatic carbocycles. The summed E-state index contributed by atoms with van der Waals surface area (Å²) >= 11 is 0. The Morgan fingerprint density at radius 1 is 1.56 bits per heavy atom. The van der Waals surface area contributed by atoms with Gasteiger partial charge in [-0.25, -0.2) is 4.98 Å². The molecule has 2 rings (SSSR count). The van der Waals surface area contributed by atoms with E-state index in [2.05, 4.69) is 9.97 Å². The normalized spacial score (nSPS) is 20.6. The maximum atomic E-state index is 12.2. The van der Waals surface area contributed by atoms with Crippen LogP contribution < -0.4 is 0 Å². The molecule has 1 atom stereocenters. The van der Waals surface area contributed by atoms with Crippen LogP contribution in [0.15, 0.2) is 12.4 Å². The van der Waals surface area contributed by atoms with Crippen molar-refractivity contribution in [2.24, 2.45) is 5.92 Å². The Hall–Kier alpha value is -1.53. The van der Waals surface area contributed by atoms with E-state index in [4.69, 9.17) is 4.74 Å². The van der Waals surface area contributed by atoms with Crippen molar-refractivity contribution in [3.63, 3.8) is 0 Å². The summed E-state index contributed by atoms with van der Waals surface area (Å²) in [5, 5.41) is 9.18. The molecule has 0 bridgehead atoms. The smallest absolute Gasteiger partial charge is 0.274 e. The van der Waals surface area contributed by atoms with Gasteiger partial charge in [-0.1, -0.05) is 0 Å². The lowest BCUT2D eigenvalue weighted by Gasteiger charge is -2.22. The quantitative estimate of drug-likeness (QED) is 0.792. The molecule has 98 valence electrons. The lowest BCUT2D eigenvalue weighted by molar-refractivity contribution is 0.0722. The number of aromatic nitrogens is 2. The van der Waals surface area contributed by atoms with Crippen molar-refractivity contribution < 1.29 is 14.6 Å². The van der Waals surface area contributed by atoms with Crippen molar-refractivity contribution in [2.75, 3.05) is 32.9 Å². The summed E-state index contributed by atoms with van der Waals surface area (Å²) in [6.07, 6.45) is 3.06. The second kappa shape index (κ2) is 5.88. The van der Waals surface area contributed by atoms with Crippen LogP contribution in [0.3, 0.4) is 0 Å². The Labute approximate surface area is 106 Å². The molecule has 2 heterocycles. The van der Waals surface area contributed by atoms with Crippen LogP contribution in [-0.4, -0.2) is 58.8 Å². The Bertz CT molecular complexity index is 408. The van der Waals surface area contributed by atoms with Crippen molar-refractivity contribution in [2.45, 2.75) is 6.92 Å². The molecule has 1 fully saturated rings. The van der Waals surface area contributed by atoms with Crippen LogP contribution >= 0.6 is 0 Å². The molecule has 0 aromatic carbocycles. The summed E-state index contributed by atoms with van der Waals surface area (Å²) in [7, 11) is 0. The average molecular weight is 251 g/mol. The zero-order valence-electron chi connectivity index (χ0n) is 10.4. The number of hydrogen-bond acceptors (Lipinski definition) is 5. The van der Waals surface area contributed by atoms with Crippen molar-refractivity contribution in [1.29, 1.82) is 0 Å². The molecule has 6 nitrogen and oxygen atoms in total. The lowest BCUT2D eigenvalue weighted by Crippen LogP contribution is -2.37. The molecule has 6 heteroatoms. The number of carbonyl (C=O) groups excluding carboxylic acids is 1. The Kier molecular flexibility index (Phi) is 4.22. The predicted octanol–water partition coefficient (Wildman–Crippen LogP) is -0.134. The van der Waals surface area contributed by atoms with Gasteiger partial charge in [0.1, 0.15) is 5.69 Å². The first-order valence-corrected chi connectivity index (χ1v) is 5.97. The Morgan fingerprint density at radius 2 is 2.39 bits per heavy atom. The summed E-state index contributed by atoms with van der Waals surface area (Å²) < 4.78 is 5.34. The number of aryl methyl sites for hydroxylation is 1. The second-order valence-electron chi connectivity index (χ2n) is 4.42. The highest BCUT2D eigenvalue weighted by atomic mass is 16.5. The van der Waals surface area contributed by atoms with E-state index in [1.165, 1.54) is 6.20 Å². The van der Waals surface area contributed by atoms with Crippen molar-refractivity contribution in [1.82, 2.24) is 14.9 Å². The zero-order chi connectivity index (χ0) is 13.0. The maximum Gasteiger partial charge on any atom is 0.274 e. The van der Waals surface area contributed by atoms with Gasteiger partial charge in [-0.05, 0) is 6.92 Å². The predicted molar refractivity (Wildman–Crippen MR) is 64.1 cm³/mol. The highest BCUT2D eigenvalue weighted by Crippen LogP contribution is 2.09. The lowest BCUT2D eigenvalue weighted by atomic mass is 10.1. The summed E-state index contributed by atoms with van der Waals surface area (Å²) in [5.41, 5.74) is 1.11.